The maximum absolute atomic E-state index is 9.60. The summed E-state index contributed by atoms with van der Waals surface area (Å²) in [6.45, 7) is 1.93. The van der Waals surface area contributed by atoms with Crippen LogP contribution in [0.3, 0.4) is 0 Å². The van der Waals surface area contributed by atoms with Crippen LogP contribution >= 0.6 is 0 Å². The molecule has 5 heteroatoms. The predicted octanol–water partition coefficient (Wildman–Crippen LogP) is 0.774. The molecule has 0 bridgehead atoms. The third-order valence-electron chi connectivity index (χ3n) is 3.08. The zero-order valence-corrected chi connectivity index (χ0v) is 9.00. The summed E-state index contributed by atoms with van der Waals surface area (Å²) in [5.41, 5.74) is 6.51. The van der Waals surface area contributed by atoms with Gasteiger partial charge in [-0.25, -0.2) is 4.68 Å². The minimum atomic E-state index is -0.492. The van der Waals surface area contributed by atoms with Crippen LogP contribution in [0, 0.1) is 0 Å². The summed E-state index contributed by atoms with van der Waals surface area (Å²) in [5.74, 6) is 0. The zero-order valence-electron chi connectivity index (χ0n) is 9.00. The van der Waals surface area contributed by atoms with Gasteiger partial charge in [-0.15, -0.1) is 5.10 Å². The van der Waals surface area contributed by atoms with Crippen LogP contribution in [0.15, 0.2) is 6.20 Å². The van der Waals surface area contributed by atoms with Crippen molar-refractivity contribution < 1.29 is 5.11 Å². The number of hydrogen-bond donors (Lipinski definition) is 2. The van der Waals surface area contributed by atoms with Crippen LogP contribution in [0.1, 0.15) is 50.4 Å². The zero-order chi connectivity index (χ0) is 10.8. The van der Waals surface area contributed by atoms with E-state index in [1.807, 2.05) is 17.8 Å². The topological polar surface area (TPSA) is 77.0 Å². The molecular formula is C10H18N4O. The summed E-state index contributed by atoms with van der Waals surface area (Å²) < 4.78 is 1.85. The molecule has 0 radical (unpaired) electrons. The molecule has 3 atom stereocenters. The molecule has 1 aromatic rings. The Labute approximate surface area is 89.3 Å². The van der Waals surface area contributed by atoms with E-state index in [-0.39, 0.29) is 0 Å². The van der Waals surface area contributed by atoms with Crippen molar-refractivity contribution in [3.8, 4) is 0 Å². The number of aromatic nitrogens is 3. The van der Waals surface area contributed by atoms with Crippen LogP contribution in [0.2, 0.25) is 0 Å². The minimum absolute atomic E-state index is 0.291. The first-order chi connectivity index (χ1) is 7.20. The average molecular weight is 210 g/mol. The van der Waals surface area contributed by atoms with E-state index >= 15 is 0 Å². The normalized spacial score (nSPS) is 28.2. The standard InChI is InChI=1S/C10H18N4O/c1-2-10(15)9-6-14(13-12-9)8-4-3-7(11)5-8/h6-8,10,15H,2-5,11H2,1H3/t7-,8+,10?/m0/s1. The molecule has 0 aliphatic heterocycles. The molecule has 1 aromatic heterocycles. The molecule has 0 spiro atoms. The summed E-state index contributed by atoms with van der Waals surface area (Å²) >= 11 is 0. The molecule has 3 N–H and O–H groups in total. The maximum Gasteiger partial charge on any atom is 0.111 e. The quantitative estimate of drug-likeness (QED) is 0.772. The molecule has 15 heavy (non-hydrogen) atoms. The van der Waals surface area contributed by atoms with Crippen molar-refractivity contribution in [2.24, 2.45) is 5.73 Å². The van der Waals surface area contributed by atoms with Crippen molar-refractivity contribution in [3.63, 3.8) is 0 Å². The van der Waals surface area contributed by atoms with E-state index in [2.05, 4.69) is 10.3 Å². The largest absolute Gasteiger partial charge is 0.387 e. The van der Waals surface area contributed by atoms with E-state index in [0.29, 0.717) is 24.2 Å². The van der Waals surface area contributed by atoms with Crippen LogP contribution in [0.25, 0.3) is 0 Å². The Bertz CT molecular complexity index is 325. The highest BCUT2D eigenvalue weighted by atomic mass is 16.3. The highest BCUT2D eigenvalue weighted by Crippen LogP contribution is 2.28. The third-order valence-corrected chi connectivity index (χ3v) is 3.08. The Hall–Kier alpha value is -0.940. The molecule has 1 aliphatic rings. The molecule has 5 nitrogen and oxygen atoms in total. The van der Waals surface area contributed by atoms with Crippen molar-refractivity contribution >= 4 is 0 Å². The minimum Gasteiger partial charge on any atom is -0.387 e. The van der Waals surface area contributed by atoms with E-state index < -0.39 is 6.10 Å². The van der Waals surface area contributed by atoms with E-state index in [1.54, 1.807) is 0 Å². The SMILES string of the molecule is CCC(O)c1cn([C@@H]2CC[C@H](N)C2)nn1. The molecule has 1 fully saturated rings. The van der Waals surface area contributed by atoms with Crippen molar-refractivity contribution in [1.29, 1.82) is 0 Å². The second-order valence-corrected chi connectivity index (χ2v) is 4.27. The van der Waals surface area contributed by atoms with E-state index in [1.165, 1.54) is 0 Å². The summed E-state index contributed by atoms with van der Waals surface area (Å²) in [6.07, 6.45) is 5.10. The van der Waals surface area contributed by atoms with Crippen LogP contribution in [0.4, 0.5) is 0 Å². The number of nitrogens with zero attached hydrogens (tertiary/aromatic N) is 3. The first-order valence-electron chi connectivity index (χ1n) is 5.56. The van der Waals surface area contributed by atoms with Crippen molar-refractivity contribution in [2.45, 2.75) is 50.8 Å². The van der Waals surface area contributed by atoms with Gasteiger partial charge in [0, 0.05) is 6.04 Å². The van der Waals surface area contributed by atoms with Crippen LogP contribution in [-0.4, -0.2) is 26.1 Å². The summed E-state index contributed by atoms with van der Waals surface area (Å²) in [6, 6.07) is 0.657. The van der Waals surface area contributed by atoms with E-state index in [4.69, 9.17) is 5.73 Å². The maximum atomic E-state index is 9.60. The van der Waals surface area contributed by atoms with Crippen LogP contribution in [0.5, 0.6) is 0 Å². The van der Waals surface area contributed by atoms with E-state index in [9.17, 15) is 5.11 Å². The van der Waals surface area contributed by atoms with Gasteiger partial charge in [0.15, 0.2) is 0 Å². The average Bonchev–Trinajstić information content (AvgIpc) is 2.84. The van der Waals surface area contributed by atoms with Gasteiger partial charge in [-0.2, -0.15) is 0 Å². The van der Waals surface area contributed by atoms with Gasteiger partial charge in [0.1, 0.15) is 5.69 Å². The van der Waals surface area contributed by atoms with Crippen LogP contribution in [-0.2, 0) is 0 Å². The highest BCUT2D eigenvalue weighted by molar-refractivity contribution is 4.98. The lowest BCUT2D eigenvalue weighted by Crippen LogP contribution is -2.16. The number of nitrogens with two attached hydrogens (primary N) is 1. The Morgan fingerprint density at radius 3 is 3.07 bits per heavy atom. The smallest absolute Gasteiger partial charge is 0.111 e. The lowest BCUT2D eigenvalue weighted by molar-refractivity contribution is 0.168. The molecule has 1 unspecified atom stereocenters. The molecule has 0 amide bonds. The molecule has 2 rings (SSSR count). The lowest BCUT2D eigenvalue weighted by Gasteiger charge is -2.08. The third kappa shape index (κ3) is 2.18. The molecule has 1 aliphatic carbocycles. The van der Waals surface area contributed by atoms with Gasteiger partial charge in [-0.1, -0.05) is 12.1 Å². The van der Waals surface area contributed by atoms with Gasteiger partial charge >= 0.3 is 0 Å². The second kappa shape index (κ2) is 4.28. The fraction of sp³-hybridized carbons (Fsp3) is 0.800. The monoisotopic (exact) mass is 210 g/mol. The molecule has 0 aromatic carbocycles. The van der Waals surface area contributed by atoms with Gasteiger partial charge in [0.05, 0.1) is 18.3 Å². The van der Waals surface area contributed by atoms with Crippen molar-refractivity contribution in [3.05, 3.63) is 11.9 Å². The number of rotatable bonds is 3. The lowest BCUT2D eigenvalue weighted by atomic mass is 10.2. The van der Waals surface area contributed by atoms with E-state index in [0.717, 1.165) is 19.3 Å². The second-order valence-electron chi connectivity index (χ2n) is 4.27. The Morgan fingerprint density at radius 2 is 2.47 bits per heavy atom. The van der Waals surface area contributed by atoms with Gasteiger partial charge in [0.2, 0.25) is 0 Å². The summed E-state index contributed by atoms with van der Waals surface area (Å²) in [4.78, 5) is 0. The van der Waals surface area contributed by atoms with Crippen LogP contribution < -0.4 is 5.73 Å². The fourth-order valence-corrected chi connectivity index (χ4v) is 2.06. The first kappa shape index (κ1) is 10.6. The Kier molecular flexibility index (Phi) is 3.02. The summed E-state index contributed by atoms with van der Waals surface area (Å²) in [7, 11) is 0. The Morgan fingerprint density at radius 1 is 1.67 bits per heavy atom. The molecule has 84 valence electrons. The molecule has 1 saturated carbocycles. The van der Waals surface area contributed by atoms with Gasteiger partial charge in [0.25, 0.3) is 0 Å². The van der Waals surface area contributed by atoms with Gasteiger partial charge in [-0.3, -0.25) is 0 Å². The number of hydrogen-bond acceptors (Lipinski definition) is 4. The van der Waals surface area contributed by atoms with Gasteiger partial charge in [-0.05, 0) is 25.7 Å². The predicted molar refractivity (Wildman–Crippen MR) is 56.1 cm³/mol. The molecule has 1 heterocycles. The number of aliphatic hydroxyl groups excluding tert-OH is 1. The molecular weight excluding hydrogens is 192 g/mol. The van der Waals surface area contributed by atoms with Gasteiger partial charge < -0.3 is 10.8 Å². The Balaban J connectivity index is 2.07. The number of aliphatic hydroxyl groups is 1. The van der Waals surface area contributed by atoms with Crippen molar-refractivity contribution in [1.82, 2.24) is 15.0 Å². The first-order valence-corrected chi connectivity index (χ1v) is 5.56. The van der Waals surface area contributed by atoms with Crippen molar-refractivity contribution in [2.75, 3.05) is 0 Å². The fourth-order valence-electron chi connectivity index (χ4n) is 2.06. The summed E-state index contributed by atoms with van der Waals surface area (Å²) in [5, 5.41) is 17.6. The highest BCUT2D eigenvalue weighted by Gasteiger charge is 2.24. The molecule has 0 saturated heterocycles.